The van der Waals surface area contributed by atoms with E-state index < -0.39 is 0 Å². The van der Waals surface area contributed by atoms with Crippen LogP contribution in [0.4, 0.5) is 0 Å². The predicted molar refractivity (Wildman–Crippen MR) is 77.8 cm³/mol. The molecule has 0 radical (unpaired) electrons. The summed E-state index contributed by atoms with van der Waals surface area (Å²) in [6, 6.07) is 8.57. The number of hydrogen-bond acceptors (Lipinski definition) is 5. The highest BCUT2D eigenvalue weighted by atomic mass is 16.5. The van der Waals surface area contributed by atoms with E-state index in [2.05, 4.69) is 16.2 Å². The topological polar surface area (TPSA) is 83.0 Å². The van der Waals surface area contributed by atoms with Crippen LogP contribution >= 0.6 is 0 Å². The molecule has 0 N–H and O–H groups in total. The van der Waals surface area contributed by atoms with Gasteiger partial charge in [0.15, 0.2) is 5.82 Å². The Balaban J connectivity index is 1.86. The molecule has 0 unspecified atom stereocenters. The van der Waals surface area contributed by atoms with Crippen molar-refractivity contribution in [3.63, 3.8) is 0 Å². The molecule has 1 amide bonds. The zero-order chi connectivity index (χ0) is 15.5. The smallest absolute Gasteiger partial charge is 0.254 e. The van der Waals surface area contributed by atoms with Gasteiger partial charge in [0.1, 0.15) is 6.04 Å². The fourth-order valence-corrected chi connectivity index (χ4v) is 2.73. The number of aryl methyl sites for hydroxylation is 1. The van der Waals surface area contributed by atoms with Crippen molar-refractivity contribution >= 4 is 5.91 Å². The average Bonchev–Trinajstić information content (AvgIpc) is 3.00. The molecule has 2 heterocycles. The maximum Gasteiger partial charge on any atom is 0.254 e. The number of piperidine rings is 1. The second-order valence-electron chi connectivity index (χ2n) is 5.38. The van der Waals surface area contributed by atoms with Crippen LogP contribution in [0.5, 0.6) is 0 Å². The Morgan fingerprint density at radius 1 is 1.36 bits per heavy atom. The van der Waals surface area contributed by atoms with Crippen molar-refractivity contribution in [2.24, 2.45) is 0 Å². The van der Waals surface area contributed by atoms with Gasteiger partial charge < -0.3 is 9.42 Å². The van der Waals surface area contributed by atoms with Gasteiger partial charge in [-0.3, -0.25) is 4.79 Å². The van der Waals surface area contributed by atoms with E-state index >= 15 is 0 Å². The molecule has 0 bridgehead atoms. The lowest BCUT2D eigenvalue weighted by molar-refractivity contribution is 0.0561. The molecule has 0 saturated carbocycles. The highest BCUT2D eigenvalue weighted by molar-refractivity contribution is 5.94. The normalized spacial score (nSPS) is 18.0. The lowest BCUT2D eigenvalue weighted by Gasteiger charge is -2.33. The van der Waals surface area contributed by atoms with Crippen molar-refractivity contribution in [1.29, 1.82) is 5.26 Å². The molecule has 22 heavy (non-hydrogen) atoms. The number of likely N-dealkylation sites (tertiary alicyclic amines) is 1. The van der Waals surface area contributed by atoms with E-state index in [-0.39, 0.29) is 11.9 Å². The van der Waals surface area contributed by atoms with Gasteiger partial charge in [-0.05, 0) is 50.5 Å². The average molecular weight is 296 g/mol. The number of hydrogen-bond donors (Lipinski definition) is 0. The summed E-state index contributed by atoms with van der Waals surface area (Å²) in [5, 5.41) is 12.7. The quantitative estimate of drug-likeness (QED) is 0.850. The molecule has 1 aliphatic rings. The van der Waals surface area contributed by atoms with Crippen LogP contribution in [-0.4, -0.2) is 27.5 Å². The van der Waals surface area contributed by atoms with E-state index in [0.717, 1.165) is 19.3 Å². The standard InChI is InChI=1S/C16H16N4O2/c1-11-18-15(22-19-11)14-4-2-3-9-20(14)16(21)13-7-5-12(10-17)6-8-13/h5-8,14H,2-4,9H2,1H3/t14-/m0/s1. The molecule has 6 nitrogen and oxygen atoms in total. The van der Waals surface area contributed by atoms with Crippen molar-refractivity contribution in [2.75, 3.05) is 6.54 Å². The van der Waals surface area contributed by atoms with E-state index in [1.54, 1.807) is 36.1 Å². The van der Waals surface area contributed by atoms with Gasteiger partial charge in [0.25, 0.3) is 5.91 Å². The summed E-state index contributed by atoms with van der Waals surface area (Å²) in [6.45, 7) is 2.44. The molecule has 1 fully saturated rings. The predicted octanol–water partition coefficient (Wildman–Crippen LogP) is 2.62. The van der Waals surface area contributed by atoms with E-state index in [9.17, 15) is 4.79 Å². The van der Waals surface area contributed by atoms with Gasteiger partial charge in [-0.15, -0.1) is 0 Å². The highest BCUT2D eigenvalue weighted by Gasteiger charge is 2.32. The summed E-state index contributed by atoms with van der Waals surface area (Å²) in [5.74, 6) is 1.01. The Labute approximate surface area is 128 Å². The first-order valence-corrected chi connectivity index (χ1v) is 7.30. The summed E-state index contributed by atoms with van der Waals surface area (Å²) in [4.78, 5) is 18.8. The highest BCUT2D eigenvalue weighted by Crippen LogP contribution is 2.31. The summed E-state index contributed by atoms with van der Waals surface area (Å²) in [5.41, 5.74) is 1.11. The molecule has 2 aromatic rings. The molecular weight excluding hydrogens is 280 g/mol. The number of benzene rings is 1. The van der Waals surface area contributed by atoms with Gasteiger partial charge in [0, 0.05) is 12.1 Å². The molecule has 1 aromatic heterocycles. The summed E-state index contributed by atoms with van der Waals surface area (Å²) < 4.78 is 5.26. The van der Waals surface area contributed by atoms with E-state index in [1.807, 2.05) is 0 Å². The van der Waals surface area contributed by atoms with Gasteiger partial charge in [-0.2, -0.15) is 10.2 Å². The molecule has 3 rings (SSSR count). The number of aromatic nitrogens is 2. The minimum atomic E-state index is -0.168. The summed E-state index contributed by atoms with van der Waals surface area (Å²) in [7, 11) is 0. The maximum absolute atomic E-state index is 12.7. The zero-order valence-corrected chi connectivity index (χ0v) is 12.3. The number of nitriles is 1. The number of amides is 1. The lowest BCUT2D eigenvalue weighted by atomic mass is 10.0. The summed E-state index contributed by atoms with van der Waals surface area (Å²) in [6.07, 6.45) is 2.82. The van der Waals surface area contributed by atoms with E-state index in [4.69, 9.17) is 9.78 Å². The van der Waals surface area contributed by atoms with Gasteiger partial charge in [0.05, 0.1) is 11.6 Å². The molecule has 1 saturated heterocycles. The van der Waals surface area contributed by atoms with E-state index in [1.165, 1.54) is 0 Å². The van der Waals surface area contributed by atoms with Crippen LogP contribution in [0.3, 0.4) is 0 Å². The number of carbonyl (C=O) groups excluding carboxylic acids is 1. The Hall–Kier alpha value is -2.68. The lowest BCUT2D eigenvalue weighted by Crippen LogP contribution is -2.38. The van der Waals surface area contributed by atoms with Crippen LogP contribution in [0.25, 0.3) is 0 Å². The van der Waals surface area contributed by atoms with Crippen LogP contribution in [0.2, 0.25) is 0 Å². The van der Waals surface area contributed by atoms with Gasteiger partial charge in [-0.25, -0.2) is 0 Å². The molecule has 112 valence electrons. The Morgan fingerprint density at radius 3 is 2.77 bits per heavy atom. The summed E-state index contributed by atoms with van der Waals surface area (Å²) >= 11 is 0. The van der Waals surface area contributed by atoms with Crippen LogP contribution in [0, 0.1) is 18.3 Å². The van der Waals surface area contributed by atoms with Crippen LogP contribution in [0.1, 0.15) is 52.9 Å². The minimum absolute atomic E-state index is 0.0648. The minimum Gasteiger partial charge on any atom is -0.337 e. The van der Waals surface area contributed by atoms with Crippen molar-refractivity contribution in [2.45, 2.75) is 32.2 Å². The number of carbonyl (C=O) groups is 1. The third kappa shape index (κ3) is 2.70. The second-order valence-corrected chi connectivity index (χ2v) is 5.38. The fraction of sp³-hybridized carbons (Fsp3) is 0.375. The molecule has 0 spiro atoms. The molecule has 0 aliphatic carbocycles. The third-order valence-electron chi connectivity index (χ3n) is 3.85. The number of rotatable bonds is 2. The fourth-order valence-electron chi connectivity index (χ4n) is 2.73. The molecule has 1 aliphatic heterocycles. The monoisotopic (exact) mass is 296 g/mol. The van der Waals surface area contributed by atoms with Gasteiger partial charge >= 0.3 is 0 Å². The van der Waals surface area contributed by atoms with Crippen LogP contribution in [0.15, 0.2) is 28.8 Å². The van der Waals surface area contributed by atoms with Gasteiger partial charge in [0.2, 0.25) is 5.89 Å². The first-order chi connectivity index (χ1) is 10.7. The van der Waals surface area contributed by atoms with Crippen LogP contribution in [-0.2, 0) is 0 Å². The third-order valence-corrected chi connectivity index (χ3v) is 3.85. The van der Waals surface area contributed by atoms with Crippen molar-refractivity contribution in [1.82, 2.24) is 15.0 Å². The Bertz CT molecular complexity index is 714. The molecule has 1 aromatic carbocycles. The number of nitrogens with zero attached hydrogens (tertiary/aromatic N) is 4. The Morgan fingerprint density at radius 2 is 2.14 bits per heavy atom. The molecular formula is C16H16N4O2. The van der Waals surface area contributed by atoms with E-state index in [0.29, 0.717) is 29.4 Å². The van der Waals surface area contributed by atoms with Crippen molar-refractivity contribution in [3.8, 4) is 6.07 Å². The zero-order valence-electron chi connectivity index (χ0n) is 12.3. The SMILES string of the molecule is Cc1noc([C@@H]2CCCCN2C(=O)c2ccc(C#N)cc2)n1. The van der Waals surface area contributed by atoms with Crippen LogP contribution < -0.4 is 0 Å². The Kier molecular flexibility index (Phi) is 3.88. The molecule has 6 heteroatoms. The first kappa shape index (κ1) is 14.3. The van der Waals surface area contributed by atoms with Gasteiger partial charge in [-0.1, -0.05) is 5.16 Å². The maximum atomic E-state index is 12.7. The second kappa shape index (κ2) is 5.98. The van der Waals surface area contributed by atoms with Crippen molar-refractivity contribution < 1.29 is 9.32 Å². The van der Waals surface area contributed by atoms with Crippen molar-refractivity contribution in [3.05, 3.63) is 47.1 Å². The largest absolute Gasteiger partial charge is 0.337 e. The first-order valence-electron chi connectivity index (χ1n) is 7.30. The molecule has 1 atom stereocenters.